The molecule has 2 aromatic carbocycles. The summed E-state index contributed by atoms with van der Waals surface area (Å²) in [4.78, 5) is 22.9. The summed E-state index contributed by atoms with van der Waals surface area (Å²) < 4.78 is 6.59. The topological polar surface area (TPSA) is 123 Å². The van der Waals surface area contributed by atoms with Crippen molar-refractivity contribution in [2.75, 3.05) is 20.3 Å². The van der Waals surface area contributed by atoms with Gasteiger partial charge in [-0.2, -0.15) is 10.4 Å². The molecule has 0 bridgehead atoms. The smallest absolute Gasteiger partial charge is 0.269 e. The number of nitrogens with zero attached hydrogens (tertiary/aromatic N) is 4. The third-order valence-electron chi connectivity index (χ3n) is 4.59. The van der Waals surface area contributed by atoms with Gasteiger partial charge in [-0.1, -0.05) is 18.2 Å². The van der Waals surface area contributed by atoms with Crippen LogP contribution < -0.4 is 5.32 Å². The molecule has 3 rings (SSSR count). The van der Waals surface area contributed by atoms with E-state index in [-0.39, 0.29) is 11.3 Å². The van der Waals surface area contributed by atoms with Crippen molar-refractivity contribution in [1.29, 1.82) is 5.26 Å². The van der Waals surface area contributed by atoms with Crippen molar-refractivity contribution in [3.8, 4) is 23.0 Å². The lowest BCUT2D eigenvalue weighted by Crippen LogP contribution is -2.26. The Labute approximate surface area is 184 Å². The Kier molecular flexibility index (Phi) is 7.46. The highest BCUT2D eigenvalue weighted by Crippen LogP contribution is 2.27. The highest BCUT2D eigenvalue weighted by molar-refractivity contribution is 6.02. The Balaban J connectivity index is 2.00. The third kappa shape index (κ3) is 5.44. The van der Waals surface area contributed by atoms with E-state index in [1.165, 1.54) is 18.2 Å². The zero-order valence-electron chi connectivity index (χ0n) is 17.4. The van der Waals surface area contributed by atoms with Gasteiger partial charge in [0.2, 0.25) is 0 Å². The molecular weight excluding hydrogens is 410 g/mol. The Morgan fingerprint density at radius 3 is 2.59 bits per heavy atom. The van der Waals surface area contributed by atoms with Crippen LogP contribution in [-0.2, 0) is 9.53 Å². The fourth-order valence-corrected chi connectivity index (χ4v) is 2.99. The quantitative estimate of drug-likeness (QED) is 0.182. The zero-order valence-corrected chi connectivity index (χ0v) is 17.4. The van der Waals surface area contributed by atoms with Crippen LogP contribution in [-0.4, -0.2) is 40.9 Å². The van der Waals surface area contributed by atoms with E-state index in [4.69, 9.17) is 4.74 Å². The van der Waals surface area contributed by atoms with Crippen molar-refractivity contribution < 1.29 is 14.5 Å². The average Bonchev–Trinajstić information content (AvgIpc) is 3.24. The zero-order chi connectivity index (χ0) is 22.9. The SMILES string of the molecule is COCCCNC(=O)/C(C#N)=C/c1cn(-c2ccccc2)nc1-c1ccc([N+](=O)[O-])cc1. The normalized spacial score (nSPS) is 11.1. The van der Waals surface area contributed by atoms with Gasteiger partial charge in [0.1, 0.15) is 17.3 Å². The maximum atomic E-state index is 12.4. The highest BCUT2D eigenvalue weighted by Gasteiger charge is 2.16. The first-order chi connectivity index (χ1) is 15.5. The van der Waals surface area contributed by atoms with Crippen LogP contribution in [0.25, 0.3) is 23.0 Å². The number of carbonyl (C=O) groups excluding carboxylic acids is 1. The second-order valence-corrected chi connectivity index (χ2v) is 6.79. The first-order valence-corrected chi connectivity index (χ1v) is 9.82. The average molecular weight is 431 g/mol. The van der Waals surface area contributed by atoms with E-state index in [2.05, 4.69) is 10.4 Å². The van der Waals surface area contributed by atoms with Crippen molar-refractivity contribution in [3.63, 3.8) is 0 Å². The predicted octanol–water partition coefficient (Wildman–Crippen LogP) is 3.51. The van der Waals surface area contributed by atoms with Crippen LogP contribution in [0, 0.1) is 21.4 Å². The summed E-state index contributed by atoms with van der Waals surface area (Å²) in [6.45, 7) is 0.879. The van der Waals surface area contributed by atoms with Gasteiger partial charge >= 0.3 is 0 Å². The summed E-state index contributed by atoms with van der Waals surface area (Å²) in [7, 11) is 1.58. The number of nitrogens with one attached hydrogen (secondary N) is 1. The first kappa shape index (κ1) is 22.4. The lowest BCUT2D eigenvalue weighted by Gasteiger charge is -2.04. The number of carbonyl (C=O) groups is 1. The van der Waals surface area contributed by atoms with Gasteiger partial charge < -0.3 is 10.1 Å². The largest absolute Gasteiger partial charge is 0.385 e. The van der Waals surface area contributed by atoms with Gasteiger partial charge in [0.05, 0.1) is 10.6 Å². The Hall–Kier alpha value is -4.29. The molecule has 162 valence electrons. The highest BCUT2D eigenvalue weighted by atomic mass is 16.6. The van der Waals surface area contributed by atoms with Crippen LogP contribution in [0.5, 0.6) is 0 Å². The summed E-state index contributed by atoms with van der Waals surface area (Å²) in [5, 5.41) is 27.8. The summed E-state index contributed by atoms with van der Waals surface area (Å²) >= 11 is 0. The lowest BCUT2D eigenvalue weighted by molar-refractivity contribution is -0.384. The molecule has 9 nitrogen and oxygen atoms in total. The molecule has 0 aliphatic heterocycles. The first-order valence-electron chi connectivity index (χ1n) is 9.82. The number of aromatic nitrogens is 2. The molecule has 3 aromatic rings. The molecule has 0 saturated carbocycles. The van der Waals surface area contributed by atoms with E-state index in [0.29, 0.717) is 36.4 Å². The van der Waals surface area contributed by atoms with Gasteiger partial charge in [0, 0.05) is 49.7 Å². The molecular formula is C23H21N5O4. The van der Waals surface area contributed by atoms with Gasteiger partial charge in [-0.05, 0) is 36.8 Å². The van der Waals surface area contributed by atoms with E-state index in [1.54, 1.807) is 30.1 Å². The van der Waals surface area contributed by atoms with Gasteiger partial charge in [0.15, 0.2) is 0 Å². The minimum Gasteiger partial charge on any atom is -0.385 e. The minimum atomic E-state index is -0.495. The number of nitriles is 1. The number of para-hydroxylation sites is 1. The number of hydrogen-bond donors (Lipinski definition) is 1. The van der Waals surface area contributed by atoms with E-state index in [9.17, 15) is 20.2 Å². The number of methoxy groups -OCH3 is 1. The monoisotopic (exact) mass is 431 g/mol. The minimum absolute atomic E-state index is 0.0403. The second-order valence-electron chi connectivity index (χ2n) is 6.79. The molecule has 0 fully saturated rings. The van der Waals surface area contributed by atoms with Gasteiger partial charge in [-0.3, -0.25) is 14.9 Å². The Morgan fingerprint density at radius 1 is 1.25 bits per heavy atom. The van der Waals surface area contributed by atoms with E-state index >= 15 is 0 Å². The lowest BCUT2D eigenvalue weighted by atomic mass is 10.1. The van der Waals surface area contributed by atoms with Crippen molar-refractivity contribution in [2.45, 2.75) is 6.42 Å². The molecule has 1 N–H and O–H groups in total. The van der Waals surface area contributed by atoms with Crippen LogP contribution in [0.4, 0.5) is 5.69 Å². The molecule has 9 heteroatoms. The fourth-order valence-electron chi connectivity index (χ4n) is 2.99. The van der Waals surface area contributed by atoms with Gasteiger partial charge in [0.25, 0.3) is 11.6 Å². The third-order valence-corrected chi connectivity index (χ3v) is 4.59. The summed E-state index contributed by atoms with van der Waals surface area (Å²) in [6, 6.07) is 17.2. The number of hydrogen-bond acceptors (Lipinski definition) is 6. The number of ether oxygens (including phenoxy) is 1. The number of benzene rings is 2. The molecule has 32 heavy (non-hydrogen) atoms. The molecule has 0 aliphatic carbocycles. The summed E-state index contributed by atoms with van der Waals surface area (Å²) in [6.07, 6.45) is 3.80. The van der Waals surface area contributed by atoms with E-state index in [0.717, 1.165) is 5.69 Å². The van der Waals surface area contributed by atoms with Crippen LogP contribution in [0.2, 0.25) is 0 Å². The molecule has 0 radical (unpaired) electrons. The van der Waals surface area contributed by atoms with E-state index in [1.807, 2.05) is 36.4 Å². The summed E-state index contributed by atoms with van der Waals surface area (Å²) in [5.41, 5.74) is 2.32. The molecule has 1 aromatic heterocycles. The molecule has 0 saturated heterocycles. The van der Waals surface area contributed by atoms with Gasteiger partial charge in [-0.25, -0.2) is 4.68 Å². The number of rotatable bonds is 9. The molecule has 0 aliphatic rings. The molecule has 0 spiro atoms. The van der Waals surface area contributed by atoms with Crippen molar-refractivity contribution in [3.05, 3.63) is 82.0 Å². The molecule has 1 amide bonds. The van der Waals surface area contributed by atoms with Crippen molar-refractivity contribution >= 4 is 17.7 Å². The Bertz CT molecular complexity index is 1160. The number of amides is 1. The van der Waals surface area contributed by atoms with Crippen molar-refractivity contribution in [2.24, 2.45) is 0 Å². The van der Waals surface area contributed by atoms with Crippen LogP contribution in [0.3, 0.4) is 0 Å². The van der Waals surface area contributed by atoms with Crippen LogP contribution >= 0.6 is 0 Å². The molecule has 0 unspecified atom stereocenters. The number of nitro benzene ring substituents is 1. The molecule has 0 atom stereocenters. The van der Waals surface area contributed by atoms with Crippen molar-refractivity contribution in [1.82, 2.24) is 15.1 Å². The fraction of sp³-hybridized carbons (Fsp3) is 0.174. The molecule has 1 heterocycles. The maximum Gasteiger partial charge on any atom is 0.269 e. The number of nitro groups is 1. The van der Waals surface area contributed by atoms with Crippen LogP contribution in [0.1, 0.15) is 12.0 Å². The Morgan fingerprint density at radius 2 is 1.97 bits per heavy atom. The van der Waals surface area contributed by atoms with E-state index < -0.39 is 10.8 Å². The standard InChI is InChI=1S/C23H21N5O4/c1-32-13-5-12-25-23(29)18(15-24)14-19-16-27(20-6-3-2-4-7-20)26-22(19)17-8-10-21(11-9-17)28(30)31/h2-4,6-11,14,16H,5,12-13H2,1H3,(H,25,29)/b18-14+. The number of non-ortho nitro benzene ring substituents is 1. The van der Waals surface area contributed by atoms with Crippen LogP contribution in [0.15, 0.2) is 66.4 Å². The second kappa shape index (κ2) is 10.7. The summed E-state index contributed by atoms with van der Waals surface area (Å²) in [5.74, 6) is -0.495. The van der Waals surface area contributed by atoms with Gasteiger partial charge in [-0.15, -0.1) is 0 Å². The predicted molar refractivity (Wildman–Crippen MR) is 119 cm³/mol. The maximum absolute atomic E-state index is 12.4.